The minimum absolute atomic E-state index is 0.0397. The summed E-state index contributed by atoms with van der Waals surface area (Å²) in [6.45, 7) is 2.91. The zero-order chi connectivity index (χ0) is 26.0. The minimum Gasteiger partial charge on any atom is -0.333 e. The highest BCUT2D eigenvalue weighted by atomic mass is 32.2. The molecule has 0 saturated carbocycles. The average Bonchev–Trinajstić information content (AvgIpc) is 3.28. The van der Waals surface area contributed by atoms with E-state index in [2.05, 4.69) is 10.6 Å². The highest BCUT2D eigenvalue weighted by molar-refractivity contribution is 7.89. The molecule has 10 nitrogen and oxygen atoms in total. The molecule has 0 radical (unpaired) electrons. The van der Waals surface area contributed by atoms with Gasteiger partial charge in [-0.2, -0.15) is 0 Å². The number of piperidine rings is 1. The fourth-order valence-electron chi connectivity index (χ4n) is 4.48. The van der Waals surface area contributed by atoms with E-state index in [1.807, 2.05) is 0 Å². The van der Waals surface area contributed by atoms with E-state index in [9.17, 15) is 22.8 Å². The van der Waals surface area contributed by atoms with Crippen LogP contribution >= 0.6 is 0 Å². The number of amides is 4. The first-order valence-corrected chi connectivity index (χ1v) is 13.3. The van der Waals surface area contributed by atoms with Crippen LogP contribution in [0, 0.1) is 0 Å². The lowest BCUT2D eigenvalue weighted by atomic mass is 10.1. The standard InChI is InChI=1S/C25H31N5O5S/c1-17(31)18-6-8-20(9-7-18)26-24(32)29-13-4-5-21(16-29)27-25(33)30-14-12-19-15-22(10-11-23(19)30)36(34,35)28(2)3/h6-11,15,21H,4-5,12-14,16H2,1-3H3,(H,26,32)(H,27,33). The number of fused-ring (bicyclic) bond motifs is 1. The molecular weight excluding hydrogens is 482 g/mol. The summed E-state index contributed by atoms with van der Waals surface area (Å²) in [5.41, 5.74) is 2.69. The first kappa shape index (κ1) is 25.6. The summed E-state index contributed by atoms with van der Waals surface area (Å²) in [4.78, 5) is 40.8. The molecule has 4 amide bonds. The fraction of sp³-hybridized carbons (Fsp3) is 0.400. The second-order valence-corrected chi connectivity index (χ2v) is 11.4. The number of benzene rings is 2. The molecule has 36 heavy (non-hydrogen) atoms. The number of hydrogen-bond donors (Lipinski definition) is 2. The monoisotopic (exact) mass is 513 g/mol. The first-order valence-electron chi connectivity index (χ1n) is 11.9. The van der Waals surface area contributed by atoms with E-state index in [-0.39, 0.29) is 28.8 Å². The van der Waals surface area contributed by atoms with E-state index in [0.717, 1.165) is 18.4 Å². The Balaban J connectivity index is 1.36. The minimum atomic E-state index is -3.55. The molecule has 1 fully saturated rings. The Kier molecular flexibility index (Phi) is 7.32. The predicted molar refractivity (Wildman–Crippen MR) is 137 cm³/mol. The smallest absolute Gasteiger partial charge is 0.322 e. The third kappa shape index (κ3) is 5.36. The molecule has 1 unspecified atom stereocenters. The number of carbonyl (C=O) groups is 3. The number of Topliss-reactive ketones (excluding diaryl/α,β-unsaturated/α-hetero) is 1. The van der Waals surface area contributed by atoms with E-state index in [1.165, 1.54) is 31.4 Å². The second-order valence-electron chi connectivity index (χ2n) is 9.28. The molecule has 192 valence electrons. The van der Waals surface area contributed by atoms with Gasteiger partial charge in [-0.1, -0.05) is 0 Å². The molecule has 11 heteroatoms. The summed E-state index contributed by atoms with van der Waals surface area (Å²) in [6.07, 6.45) is 2.08. The summed E-state index contributed by atoms with van der Waals surface area (Å²) in [7, 11) is -0.573. The van der Waals surface area contributed by atoms with Crippen LogP contribution in [-0.2, 0) is 16.4 Å². The van der Waals surface area contributed by atoms with E-state index in [4.69, 9.17) is 0 Å². The number of carbonyl (C=O) groups excluding carboxylic acids is 3. The zero-order valence-corrected chi connectivity index (χ0v) is 21.5. The Morgan fingerprint density at radius 2 is 1.72 bits per heavy atom. The number of urea groups is 2. The molecule has 4 rings (SSSR count). The van der Waals surface area contributed by atoms with Gasteiger partial charge in [-0.25, -0.2) is 22.3 Å². The second kappa shape index (κ2) is 10.3. The van der Waals surface area contributed by atoms with E-state index in [1.54, 1.807) is 46.2 Å². The molecule has 2 N–H and O–H groups in total. The summed E-state index contributed by atoms with van der Waals surface area (Å²) in [5.74, 6) is -0.0397. The van der Waals surface area contributed by atoms with Crippen LogP contribution < -0.4 is 15.5 Å². The molecule has 0 spiro atoms. The SMILES string of the molecule is CC(=O)c1ccc(NC(=O)N2CCCC(NC(=O)N3CCc4cc(S(=O)(=O)N(C)C)ccc43)C2)cc1. The van der Waals surface area contributed by atoms with Crippen molar-refractivity contribution < 1.29 is 22.8 Å². The van der Waals surface area contributed by atoms with Crippen molar-refractivity contribution in [1.82, 2.24) is 14.5 Å². The maximum absolute atomic E-state index is 13.1. The van der Waals surface area contributed by atoms with Crippen molar-refractivity contribution in [2.45, 2.75) is 37.1 Å². The summed E-state index contributed by atoms with van der Waals surface area (Å²) < 4.78 is 26.0. The number of sulfonamides is 1. The first-order chi connectivity index (χ1) is 17.1. The van der Waals surface area contributed by atoms with Crippen LogP contribution in [0.5, 0.6) is 0 Å². The molecule has 0 aromatic heterocycles. The summed E-state index contributed by atoms with van der Waals surface area (Å²) in [5, 5.41) is 5.88. The van der Waals surface area contributed by atoms with Crippen LogP contribution in [-0.4, -0.2) is 75.2 Å². The normalized spacial score (nSPS) is 17.6. The van der Waals surface area contributed by atoms with Crippen LogP contribution in [0.1, 0.15) is 35.7 Å². The number of nitrogens with one attached hydrogen (secondary N) is 2. The number of rotatable bonds is 5. The Hall–Kier alpha value is -3.44. The lowest BCUT2D eigenvalue weighted by Crippen LogP contribution is -2.53. The molecule has 2 aromatic rings. The van der Waals surface area contributed by atoms with Crippen molar-refractivity contribution in [2.24, 2.45) is 0 Å². The molecule has 1 atom stereocenters. The molecular formula is C25H31N5O5S. The van der Waals surface area contributed by atoms with Crippen molar-refractivity contribution in [1.29, 1.82) is 0 Å². The molecule has 0 aliphatic carbocycles. The molecule has 2 aliphatic rings. The molecule has 1 saturated heterocycles. The summed E-state index contributed by atoms with van der Waals surface area (Å²) in [6, 6.07) is 10.8. The Labute approximate surface area is 211 Å². The topological polar surface area (TPSA) is 119 Å². The number of nitrogens with zero attached hydrogens (tertiary/aromatic N) is 3. The van der Waals surface area contributed by atoms with Gasteiger partial charge in [0.1, 0.15) is 0 Å². The van der Waals surface area contributed by atoms with Gasteiger partial charge in [0.2, 0.25) is 10.0 Å². The van der Waals surface area contributed by atoms with E-state index < -0.39 is 10.0 Å². The summed E-state index contributed by atoms with van der Waals surface area (Å²) >= 11 is 0. The van der Waals surface area contributed by atoms with Gasteiger partial charge in [0, 0.05) is 56.7 Å². The number of ketones is 1. The van der Waals surface area contributed by atoms with Crippen molar-refractivity contribution in [3.05, 3.63) is 53.6 Å². The van der Waals surface area contributed by atoms with Gasteiger partial charge in [-0.05, 0) is 74.2 Å². The predicted octanol–water partition coefficient (Wildman–Crippen LogP) is 2.91. The third-order valence-electron chi connectivity index (χ3n) is 6.55. The highest BCUT2D eigenvalue weighted by Gasteiger charge is 2.30. The van der Waals surface area contributed by atoms with Crippen molar-refractivity contribution in [2.75, 3.05) is 43.9 Å². The van der Waals surface area contributed by atoms with E-state index >= 15 is 0 Å². The van der Waals surface area contributed by atoms with E-state index in [0.29, 0.717) is 43.0 Å². The van der Waals surface area contributed by atoms with Crippen LogP contribution in [0.3, 0.4) is 0 Å². The highest BCUT2D eigenvalue weighted by Crippen LogP contribution is 2.31. The number of anilines is 2. The van der Waals surface area contributed by atoms with Crippen molar-refractivity contribution in [3.63, 3.8) is 0 Å². The maximum atomic E-state index is 13.1. The van der Waals surface area contributed by atoms with Crippen LogP contribution in [0.25, 0.3) is 0 Å². The van der Waals surface area contributed by atoms with Crippen LogP contribution in [0.2, 0.25) is 0 Å². The average molecular weight is 514 g/mol. The Morgan fingerprint density at radius 1 is 1.00 bits per heavy atom. The lowest BCUT2D eigenvalue weighted by Gasteiger charge is -2.34. The van der Waals surface area contributed by atoms with Crippen LogP contribution in [0.4, 0.5) is 21.0 Å². The van der Waals surface area contributed by atoms with Crippen molar-refractivity contribution in [3.8, 4) is 0 Å². The lowest BCUT2D eigenvalue weighted by molar-refractivity contribution is 0.101. The van der Waals surface area contributed by atoms with Gasteiger partial charge in [0.25, 0.3) is 0 Å². The molecule has 2 heterocycles. The number of hydrogen-bond acceptors (Lipinski definition) is 5. The van der Waals surface area contributed by atoms with Crippen LogP contribution in [0.15, 0.2) is 47.4 Å². The zero-order valence-electron chi connectivity index (χ0n) is 20.7. The van der Waals surface area contributed by atoms with Gasteiger partial charge in [-0.3, -0.25) is 9.69 Å². The van der Waals surface area contributed by atoms with Crippen molar-refractivity contribution >= 4 is 39.2 Å². The van der Waals surface area contributed by atoms with Gasteiger partial charge >= 0.3 is 12.1 Å². The van der Waals surface area contributed by atoms with Gasteiger partial charge in [-0.15, -0.1) is 0 Å². The van der Waals surface area contributed by atoms with Gasteiger partial charge in [0.05, 0.1) is 4.90 Å². The number of likely N-dealkylation sites (tertiary alicyclic amines) is 1. The molecule has 2 aliphatic heterocycles. The Morgan fingerprint density at radius 3 is 2.39 bits per heavy atom. The fourth-order valence-corrected chi connectivity index (χ4v) is 5.44. The third-order valence-corrected chi connectivity index (χ3v) is 8.36. The quantitative estimate of drug-likeness (QED) is 0.596. The van der Waals surface area contributed by atoms with Gasteiger partial charge in [0.15, 0.2) is 5.78 Å². The largest absolute Gasteiger partial charge is 0.333 e. The molecule has 0 bridgehead atoms. The molecule has 2 aromatic carbocycles. The maximum Gasteiger partial charge on any atom is 0.322 e. The Bertz CT molecular complexity index is 1280. The van der Waals surface area contributed by atoms with Gasteiger partial charge < -0.3 is 15.5 Å².